The van der Waals surface area contributed by atoms with E-state index in [1.54, 1.807) is 23.0 Å². The Morgan fingerprint density at radius 2 is 2.09 bits per heavy atom. The number of carbonyl (C=O) groups excluding carboxylic acids is 1. The van der Waals surface area contributed by atoms with Crippen LogP contribution >= 0.6 is 0 Å². The number of carbonyl (C=O) groups is 1. The molecule has 9 heteroatoms. The minimum Gasteiger partial charge on any atom is -0.471 e. The maximum atomic E-state index is 14.8. The molecule has 0 unspecified atom stereocenters. The van der Waals surface area contributed by atoms with E-state index in [4.69, 9.17) is 9.72 Å². The van der Waals surface area contributed by atoms with Gasteiger partial charge in [0, 0.05) is 37.5 Å². The zero-order valence-electron chi connectivity index (χ0n) is 18.6. The fourth-order valence-electron chi connectivity index (χ4n) is 4.48. The molecule has 1 amide bonds. The van der Waals surface area contributed by atoms with Crippen LogP contribution in [0.4, 0.5) is 15.9 Å². The summed E-state index contributed by atoms with van der Waals surface area (Å²) in [5.41, 5.74) is 0.887. The number of rotatable bonds is 4. The Kier molecular flexibility index (Phi) is 4.79. The summed E-state index contributed by atoms with van der Waals surface area (Å²) in [6.45, 7) is 6.96. The first kappa shape index (κ1) is 20.7. The monoisotopic (exact) mass is 438 g/mol. The van der Waals surface area contributed by atoms with Crippen molar-refractivity contribution in [1.29, 1.82) is 0 Å². The van der Waals surface area contributed by atoms with E-state index in [0.717, 1.165) is 5.56 Å². The van der Waals surface area contributed by atoms with E-state index < -0.39 is 5.67 Å². The molecule has 0 aromatic carbocycles. The van der Waals surface area contributed by atoms with Crippen LogP contribution in [0, 0.1) is 0 Å². The summed E-state index contributed by atoms with van der Waals surface area (Å²) in [5, 5.41) is 7.21. The van der Waals surface area contributed by atoms with Crippen LogP contribution in [-0.4, -0.2) is 49.8 Å². The van der Waals surface area contributed by atoms with Gasteiger partial charge in [0.2, 0.25) is 5.88 Å². The average Bonchev–Trinajstić information content (AvgIpc) is 3.33. The molecule has 3 aromatic rings. The third-order valence-corrected chi connectivity index (χ3v) is 6.40. The first-order valence-corrected chi connectivity index (χ1v) is 11.0. The van der Waals surface area contributed by atoms with Gasteiger partial charge in [-0.1, -0.05) is 6.92 Å². The number of ether oxygens (including phenoxy) is 1. The van der Waals surface area contributed by atoms with Gasteiger partial charge < -0.3 is 15.0 Å². The molecule has 1 N–H and O–H groups in total. The van der Waals surface area contributed by atoms with Crippen molar-refractivity contribution in [3.8, 4) is 5.88 Å². The third kappa shape index (κ3) is 3.65. The maximum Gasteiger partial charge on any atom is 0.261 e. The lowest BCUT2D eigenvalue weighted by molar-refractivity contribution is 0.102. The normalized spacial score (nSPS) is 18.9. The molecular formula is C23H27FN6O2. The highest BCUT2D eigenvalue weighted by atomic mass is 19.1. The third-order valence-electron chi connectivity index (χ3n) is 6.40. The van der Waals surface area contributed by atoms with E-state index in [1.165, 1.54) is 6.20 Å². The van der Waals surface area contributed by atoms with Gasteiger partial charge in [0.1, 0.15) is 16.8 Å². The molecule has 0 spiro atoms. The molecule has 0 saturated carbocycles. The van der Waals surface area contributed by atoms with Crippen molar-refractivity contribution in [3.63, 3.8) is 0 Å². The second-order valence-electron chi connectivity index (χ2n) is 9.25. The molecule has 32 heavy (non-hydrogen) atoms. The van der Waals surface area contributed by atoms with Gasteiger partial charge in [0.25, 0.3) is 5.91 Å². The van der Waals surface area contributed by atoms with Gasteiger partial charge in [-0.05, 0) is 45.2 Å². The predicted molar refractivity (Wildman–Crippen MR) is 119 cm³/mol. The molecule has 3 aromatic heterocycles. The largest absolute Gasteiger partial charge is 0.471 e. The van der Waals surface area contributed by atoms with Gasteiger partial charge in [-0.15, -0.1) is 0 Å². The summed E-state index contributed by atoms with van der Waals surface area (Å²) >= 11 is 0. The smallest absolute Gasteiger partial charge is 0.261 e. The van der Waals surface area contributed by atoms with Gasteiger partial charge >= 0.3 is 0 Å². The zero-order valence-corrected chi connectivity index (χ0v) is 18.6. The van der Waals surface area contributed by atoms with E-state index in [9.17, 15) is 9.18 Å². The van der Waals surface area contributed by atoms with E-state index >= 15 is 0 Å². The number of hydrogen-bond donors (Lipinski definition) is 1. The Morgan fingerprint density at radius 3 is 2.84 bits per heavy atom. The number of fused-ring (bicyclic) bond motifs is 2. The van der Waals surface area contributed by atoms with Crippen LogP contribution in [-0.2, 0) is 6.42 Å². The lowest BCUT2D eigenvalue weighted by Gasteiger charge is -2.37. The summed E-state index contributed by atoms with van der Waals surface area (Å²) in [6, 6.07) is 3.68. The second kappa shape index (κ2) is 7.43. The number of halogens is 1. The van der Waals surface area contributed by atoms with Crippen LogP contribution in [0.5, 0.6) is 5.88 Å². The zero-order chi connectivity index (χ0) is 22.5. The average molecular weight is 439 g/mol. The highest BCUT2D eigenvalue weighted by Gasteiger charge is 2.36. The van der Waals surface area contributed by atoms with Crippen molar-refractivity contribution >= 4 is 23.1 Å². The first-order chi connectivity index (χ1) is 15.3. The molecule has 5 heterocycles. The minimum absolute atomic E-state index is 0.315. The van der Waals surface area contributed by atoms with Crippen molar-refractivity contribution in [2.75, 3.05) is 23.3 Å². The SMILES string of the molecule is CCC1(F)CCN(c2nc3c(cc2NC(=O)c2cnn4cccnc24)CC(C)(C)O3)CC1. The number of anilines is 2. The topological polar surface area (TPSA) is 84.7 Å². The number of pyridine rings is 1. The summed E-state index contributed by atoms with van der Waals surface area (Å²) in [6.07, 6.45) is 6.93. The Morgan fingerprint density at radius 1 is 1.31 bits per heavy atom. The first-order valence-electron chi connectivity index (χ1n) is 11.0. The molecule has 0 aliphatic carbocycles. The van der Waals surface area contributed by atoms with E-state index in [2.05, 4.69) is 15.4 Å². The molecule has 8 nitrogen and oxygen atoms in total. The highest BCUT2D eigenvalue weighted by molar-refractivity contribution is 6.09. The summed E-state index contributed by atoms with van der Waals surface area (Å²) in [5.74, 6) is 0.871. The summed E-state index contributed by atoms with van der Waals surface area (Å²) in [7, 11) is 0. The summed E-state index contributed by atoms with van der Waals surface area (Å²) in [4.78, 5) is 24.2. The van der Waals surface area contributed by atoms with Crippen molar-refractivity contribution in [2.45, 2.75) is 57.7 Å². The number of piperidine rings is 1. The lowest BCUT2D eigenvalue weighted by atomic mass is 9.91. The quantitative estimate of drug-likeness (QED) is 0.667. The number of nitrogens with zero attached hydrogens (tertiary/aromatic N) is 5. The number of nitrogens with one attached hydrogen (secondary N) is 1. The molecule has 0 bridgehead atoms. The lowest BCUT2D eigenvalue weighted by Crippen LogP contribution is -2.42. The number of amides is 1. The molecule has 0 radical (unpaired) electrons. The minimum atomic E-state index is -1.14. The molecule has 168 valence electrons. The standard InChI is InChI=1S/C23H27FN6O2/c1-4-23(24)6-10-29(11-7-23)19-17(12-15-13-22(2,3)32-21(15)28-19)27-20(31)16-14-26-30-9-5-8-25-18(16)30/h5,8-9,12,14H,4,6-7,10-11,13H2,1-3H3,(H,27,31). The molecule has 2 aliphatic heterocycles. The van der Waals surface area contributed by atoms with Crippen LogP contribution in [0.1, 0.15) is 56.0 Å². The van der Waals surface area contributed by atoms with Crippen molar-refractivity contribution < 1.29 is 13.9 Å². The molecule has 1 fully saturated rings. The van der Waals surface area contributed by atoms with E-state index in [0.29, 0.717) is 67.4 Å². The van der Waals surface area contributed by atoms with Gasteiger partial charge in [-0.2, -0.15) is 10.1 Å². The van der Waals surface area contributed by atoms with Crippen LogP contribution < -0.4 is 15.0 Å². The fourth-order valence-corrected chi connectivity index (χ4v) is 4.48. The molecule has 1 saturated heterocycles. The van der Waals surface area contributed by atoms with Gasteiger partial charge in [0.15, 0.2) is 11.5 Å². The van der Waals surface area contributed by atoms with Gasteiger partial charge in [0.05, 0.1) is 11.9 Å². The second-order valence-corrected chi connectivity index (χ2v) is 9.25. The van der Waals surface area contributed by atoms with E-state index in [1.807, 2.05) is 31.7 Å². The van der Waals surface area contributed by atoms with Crippen molar-refractivity contribution in [3.05, 3.63) is 41.9 Å². The molecule has 2 aliphatic rings. The molecular weight excluding hydrogens is 411 g/mol. The van der Waals surface area contributed by atoms with Crippen LogP contribution in [0.3, 0.4) is 0 Å². The van der Waals surface area contributed by atoms with Crippen LogP contribution in [0.2, 0.25) is 0 Å². The Balaban J connectivity index is 1.49. The number of aromatic nitrogens is 4. The van der Waals surface area contributed by atoms with E-state index in [-0.39, 0.29) is 11.5 Å². The Bertz CT molecular complexity index is 1180. The molecule has 0 atom stereocenters. The highest BCUT2D eigenvalue weighted by Crippen LogP contribution is 2.40. The van der Waals surface area contributed by atoms with Crippen molar-refractivity contribution in [1.82, 2.24) is 19.6 Å². The van der Waals surface area contributed by atoms with Crippen LogP contribution in [0.25, 0.3) is 5.65 Å². The number of alkyl halides is 1. The molecule has 5 rings (SSSR count). The fraction of sp³-hybridized carbons (Fsp3) is 0.478. The Labute approximate surface area is 185 Å². The summed E-state index contributed by atoms with van der Waals surface area (Å²) < 4.78 is 22.4. The van der Waals surface area contributed by atoms with Gasteiger partial charge in [-0.25, -0.2) is 13.9 Å². The predicted octanol–water partition coefficient (Wildman–Crippen LogP) is 3.81. The van der Waals surface area contributed by atoms with Crippen molar-refractivity contribution in [2.24, 2.45) is 0 Å². The Hall–Kier alpha value is -3.23. The van der Waals surface area contributed by atoms with Crippen LogP contribution in [0.15, 0.2) is 30.7 Å². The van der Waals surface area contributed by atoms with Gasteiger partial charge in [-0.3, -0.25) is 4.79 Å². The maximum absolute atomic E-state index is 14.8. The number of hydrogen-bond acceptors (Lipinski definition) is 6.